The van der Waals surface area contributed by atoms with Gasteiger partial charge in [-0.2, -0.15) is 11.8 Å². The topological polar surface area (TPSA) is 38.7 Å². The standard InChI is InChI=1S/C12H16O3S/c1-8(13)9-3-4-11(12(5-9)14-2)15-10-6-16-7-10/h3-5,8,10,13H,6-7H2,1-2H3. The summed E-state index contributed by atoms with van der Waals surface area (Å²) in [6.07, 6.45) is -0.182. The van der Waals surface area contributed by atoms with Crippen molar-refractivity contribution in [2.45, 2.75) is 19.1 Å². The van der Waals surface area contributed by atoms with Gasteiger partial charge in [0.05, 0.1) is 13.2 Å². The maximum Gasteiger partial charge on any atom is 0.161 e. The highest BCUT2D eigenvalue weighted by atomic mass is 32.2. The van der Waals surface area contributed by atoms with Crippen LogP contribution in [0.25, 0.3) is 0 Å². The monoisotopic (exact) mass is 240 g/mol. The number of rotatable bonds is 4. The van der Waals surface area contributed by atoms with Crippen LogP contribution in [0.4, 0.5) is 0 Å². The molecule has 3 nitrogen and oxygen atoms in total. The zero-order valence-electron chi connectivity index (χ0n) is 9.47. The first-order valence-corrected chi connectivity index (χ1v) is 6.46. The molecule has 88 valence electrons. The third-order valence-corrected chi connectivity index (χ3v) is 3.79. The molecule has 0 bridgehead atoms. The Labute approximate surface area is 99.8 Å². The summed E-state index contributed by atoms with van der Waals surface area (Å²) in [4.78, 5) is 0. The van der Waals surface area contributed by atoms with Gasteiger partial charge in [-0.1, -0.05) is 6.07 Å². The van der Waals surface area contributed by atoms with Gasteiger partial charge < -0.3 is 14.6 Å². The number of ether oxygens (including phenoxy) is 2. The molecule has 1 aromatic carbocycles. The molecule has 2 rings (SSSR count). The van der Waals surface area contributed by atoms with Crippen molar-refractivity contribution < 1.29 is 14.6 Å². The van der Waals surface area contributed by atoms with Crippen molar-refractivity contribution >= 4 is 11.8 Å². The molecule has 0 spiro atoms. The lowest BCUT2D eigenvalue weighted by molar-refractivity contribution is 0.197. The van der Waals surface area contributed by atoms with Crippen LogP contribution in [-0.2, 0) is 0 Å². The summed E-state index contributed by atoms with van der Waals surface area (Å²) < 4.78 is 11.0. The van der Waals surface area contributed by atoms with Crippen LogP contribution in [-0.4, -0.2) is 29.8 Å². The third kappa shape index (κ3) is 2.44. The van der Waals surface area contributed by atoms with Gasteiger partial charge in [0.25, 0.3) is 0 Å². The molecule has 16 heavy (non-hydrogen) atoms. The molecule has 0 amide bonds. The molecule has 1 aromatic rings. The summed E-state index contributed by atoms with van der Waals surface area (Å²) in [5.41, 5.74) is 0.840. The van der Waals surface area contributed by atoms with Crippen LogP contribution in [0.3, 0.4) is 0 Å². The molecular weight excluding hydrogens is 224 g/mol. The largest absolute Gasteiger partial charge is 0.493 e. The predicted octanol–water partition coefficient (Wildman–Crippen LogP) is 2.24. The fourth-order valence-corrected chi connectivity index (χ4v) is 2.07. The van der Waals surface area contributed by atoms with Crippen LogP contribution < -0.4 is 9.47 Å². The van der Waals surface area contributed by atoms with E-state index in [1.54, 1.807) is 14.0 Å². The van der Waals surface area contributed by atoms with E-state index in [1.807, 2.05) is 30.0 Å². The molecule has 1 N–H and O–H groups in total. The van der Waals surface area contributed by atoms with E-state index in [1.165, 1.54) is 0 Å². The van der Waals surface area contributed by atoms with Crippen LogP contribution in [0.5, 0.6) is 11.5 Å². The van der Waals surface area contributed by atoms with Crippen LogP contribution >= 0.6 is 11.8 Å². The van der Waals surface area contributed by atoms with Crippen molar-refractivity contribution in [1.82, 2.24) is 0 Å². The van der Waals surface area contributed by atoms with Gasteiger partial charge in [0.2, 0.25) is 0 Å². The molecule has 1 aliphatic heterocycles. The SMILES string of the molecule is COc1cc(C(C)O)ccc1OC1CSC1. The van der Waals surface area contributed by atoms with E-state index in [9.17, 15) is 5.11 Å². The second kappa shape index (κ2) is 4.97. The minimum absolute atomic E-state index is 0.302. The Morgan fingerprint density at radius 1 is 1.38 bits per heavy atom. The van der Waals surface area contributed by atoms with E-state index < -0.39 is 6.10 Å². The van der Waals surface area contributed by atoms with Gasteiger partial charge in [0, 0.05) is 11.5 Å². The van der Waals surface area contributed by atoms with Gasteiger partial charge in [0.15, 0.2) is 11.5 Å². The Kier molecular flexibility index (Phi) is 3.61. The molecule has 0 radical (unpaired) electrons. The van der Waals surface area contributed by atoms with Crippen molar-refractivity contribution in [3.8, 4) is 11.5 Å². The van der Waals surface area contributed by atoms with Gasteiger partial charge in [-0.05, 0) is 24.6 Å². The predicted molar refractivity (Wildman–Crippen MR) is 65.4 cm³/mol. The number of hydrogen-bond donors (Lipinski definition) is 1. The summed E-state index contributed by atoms with van der Waals surface area (Å²) >= 11 is 1.88. The van der Waals surface area contributed by atoms with Crippen LogP contribution in [0.2, 0.25) is 0 Å². The summed E-state index contributed by atoms with van der Waals surface area (Å²) in [7, 11) is 1.61. The van der Waals surface area contributed by atoms with Crippen molar-refractivity contribution in [3.05, 3.63) is 23.8 Å². The van der Waals surface area contributed by atoms with Crippen LogP contribution in [0.1, 0.15) is 18.6 Å². The van der Waals surface area contributed by atoms with Crippen molar-refractivity contribution in [1.29, 1.82) is 0 Å². The van der Waals surface area contributed by atoms with Crippen molar-refractivity contribution in [2.75, 3.05) is 18.6 Å². The Morgan fingerprint density at radius 3 is 2.62 bits per heavy atom. The van der Waals surface area contributed by atoms with Crippen LogP contribution in [0.15, 0.2) is 18.2 Å². The average molecular weight is 240 g/mol. The normalized spacial score (nSPS) is 17.7. The minimum Gasteiger partial charge on any atom is -0.493 e. The van der Waals surface area contributed by atoms with Gasteiger partial charge in [-0.15, -0.1) is 0 Å². The minimum atomic E-state index is -0.484. The summed E-state index contributed by atoms with van der Waals surface area (Å²) in [6.45, 7) is 1.73. The van der Waals surface area contributed by atoms with Gasteiger partial charge in [0.1, 0.15) is 6.10 Å². The molecular formula is C12H16O3S. The zero-order chi connectivity index (χ0) is 11.5. The maximum atomic E-state index is 9.47. The second-order valence-electron chi connectivity index (χ2n) is 3.86. The second-order valence-corrected chi connectivity index (χ2v) is 4.94. The van der Waals surface area contributed by atoms with E-state index >= 15 is 0 Å². The fraction of sp³-hybridized carbons (Fsp3) is 0.500. The Hall–Kier alpha value is -0.870. The maximum absolute atomic E-state index is 9.47. The molecule has 1 heterocycles. The van der Waals surface area contributed by atoms with Gasteiger partial charge in [-0.3, -0.25) is 0 Å². The van der Waals surface area contributed by atoms with Crippen molar-refractivity contribution in [2.24, 2.45) is 0 Å². The molecule has 0 aliphatic carbocycles. The molecule has 1 atom stereocenters. The quantitative estimate of drug-likeness (QED) is 0.876. The zero-order valence-corrected chi connectivity index (χ0v) is 10.3. The highest BCUT2D eigenvalue weighted by Gasteiger charge is 2.21. The smallest absolute Gasteiger partial charge is 0.161 e. The number of benzene rings is 1. The first kappa shape index (κ1) is 11.6. The molecule has 0 saturated carbocycles. The first-order chi connectivity index (χ1) is 7.70. The lowest BCUT2D eigenvalue weighted by Gasteiger charge is -2.26. The molecule has 0 aromatic heterocycles. The van der Waals surface area contributed by atoms with Gasteiger partial charge in [-0.25, -0.2) is 0 Å². The summed E-state index contributed by atoms with van der Waals surface area (Å²) in [5, 5.41) is 9.47. The Morgan fingerprint density at radius 2 is 2.12 bits per heavy atom. The molecule has 1 unspecified atom stereocenters. The average Bonchev–Trinajstić information content (AvgIpc) is 2.23. The number of aliphatic hydroxyl groups is 1. The number of aliphatic hydroxyl groups excluding tert-OH is 1. The number of hydrogen-bond acceptors (Lipinski definition) is 4. The lowest BCUT2D eigenvalue weighted by Crippen LogP contribution is -2.31. The Balaban J connectivity index is 2.16. The molecule has 1 fully saturated rings. The summed E-state index contributed by atoms with van der Waals surface area (Å²) in [5.74, 6) is 3.54. The summed E-state index contributed by atoms with van der Waals surface area (Å²) in [6, 6.07) is 5.56. The van der Waals surface area contributed by atoms with E-state index in [-0.39, 0.29) is 0 Å². The van der Waals surface area contributed by atoms with Crippen LogP contribution in [0, 0.1) is 0 Å². The lowest BCUT2D eigenvalue weighted by atomic mass is 10.1. The Bertz CT molecular complexity index is 361. The van der Waals surface area contributed by atoms with E-state index in [2.05, 4.69) is 0 Å². The fourth-order valence-electron chi connectivity index (χ4n) is 1.50. The number of thioether (sulfide) groups is 1. The molecule has 1 aliphatic rings. The first-order valence-electron chi connectivity index (χ1n) is 5.31. The number of methoxy groups -OCH3 is 1. The molecule has 1 saturated heterocycles. The van der Waals surface area contributed by atoms with Crippen molar-refractivity contribution in [3.63, 3.8) is 0 Å². The van der Waals surface area contributed by atoms with E-state index in [4.69, 9.17) is 9.47 Å². The van der Waals surface area contributed by atoms with E-state index in [0.717, 1.165) is 22.8 Å². The highest BCUT2D eigenvalue weighted by Crippen LogP contribution is 2.33. The van der Waals surface area contributed by atoms with E-state index in [0.29, 0.717) is 11.9 Å². The third-order valence-electron chi connectivity index (χ3n) is 2.57. The van der Waals surface area contributed by atoms with Gasteiger partial charge >= 0.3 is 0 Å². The molecule has 4 heteroatoms. The highest BCUT2D eigenvalue weighted by molar-refractivity contribution is 8.00.